The van der Waals surface area contributed by atoms with E-state index in [1.807, 2.05) is 19.1 Å². The summed E-state index contributed by atoms with van der Waals surface area (Å²) in [6.45, 7) is 1.82. The molecular weight excluding hydrogens is 314 g/mol. The molecule has 1 aromatic carbocycles. The third kappa shape index (κ3) is 3.26. The number of nitrogens with zero attached hydrogens (tertiary/aromatic N) is 3. The van der Waals surface area contributed by atoms with Crippen LogP contribution in [-0.4, -0.2) is 38.2 Å². The van der Waals surface area contributed by atoms with Gasteiger partial charge in [-0.25, -0.2) is 15.0 Å². The summed E-state index contributed by atoms with van der Waals surface area (Å²) in [5.41, 5.74) is 1.95. The molecule has 2 N–H and O–H groups in total. The average molecular weight is 329 g/mol. The molecule has 0 spiro atoms. The van der Waals surface area contributed by atoms with Gasteiger partial charge in [-0.15, -0.1) is 0 Å². The Labute approximate surface area is 136 Å². The van der Waals surface area contributed by atoms with Crippen molar-refractivity contribution in [2.75, 3.05) is 12.4 Å². The van der Waals surface area contributed by atoms with Crippen LogP contribution in [0.5, 0.6) is 5.75 Å². The molecule has 0 saturated heterocycles. The Kier molecular flexibility index (Phi) is 4.42. The molecule has 0 bridgehead atoms. The van der Waals surface area contributed by atoms with E-state index in [0.29, 0.717) is 22.1 Å². The van der Waals surface area contributed by atoms with Crippen LogP contribution in [0, 0.1) is 0 Å². The number of amides is 1. The van der Waals surface area contributed by atoms with Gasteiger partial charge in [-0.05, 0) is 19.1 Å². The van der Waals surface area contributed by atoms with Gasteiger partial charge in [-0.1, -0.05) is 23.9 Å². The lowest BCUT2D eigenvalue weighted by Gasteiger charge is -2.13. The first-order valence-electron chi connectivity index (χ1n) is 6.93. The number of carbonyl (C=O) groups is 1. The average Bonchev–Trinajstić information content (AvgIpc) is 3.05. The number of aromatic amines is 1. The lowest BCUT2D eigenvalue weighted by atomic mass is 10.3. The van der Waals surface area contributed by atoms with Crippen LogP contribution in [-0.2, 0) is 4.79 Å². The van der Waals surface area contributed by atoms with Crippen LogP contribution in [0.15, 0.2) is 41.9 Å². The van der Waals surface area contributed by atoms with Crippen LogP contribution < -0.4 is 10.1 Å². The Morgan fingerprint density at radius 3 is 2.96 bits per heavy atom. The summed E-state index contributed by atoms with van der Waals surface area (Å²) < 4.78 is 5.24. The number of H-pyrrole nitrogens is 1. The van der Waals surface area contributed by atoms with E-state index < -0.39 is 0 Å². The highest BCUT2D eigenvalue weighted by atomic mass is 32.2. The summed E-state index contributed by atoms with van der Waals surface area (Å²) in [4.78, 5) is 27.8. The van der Waals surface area contributed by atoms with E-state index in [1.165, 1.54) is 18.1 Å². The van der Waals surface area contributed by atoms with Crippen LogP contribution in [0.3, 0.4) is 0 Å². The van der Waals surface area contributed by atoms with Gasteiger partial charge in [0.05, 0.1) is 24.4 Å². The number of aromatic nitrogens is 4. The van der Waals surface area contributed by atoms with Crippen molar-refractivity contribution in [1.82, 2.24) is 19.9 Å². The van der Waals surface area contributed by atoms with E-state index in [9.17, 15) is 4.79 Å². The van der Waals surface area contributed by atoms with Gasteiger partial charge in [0.1, 0.15) is 22.6 Å². The summed E-state index contributed by atoms with van der Waals surface area (Å²) in [5.74, 6) is 0.488. The van der Waals surface area contributed by atoms with Crippen LogP contribution in [0.4, 0.5) is 5.69 Å². The molecule has 3 rings (SSSR count). The number of para-hydroxylation sites is 2. The quantitative estimate of drug-likeness (QED) is 0.552. The highest BCUT2D eigenvalue weighted by molar-refractivity contribution is 8.00. The maximum atomic E-state index is 12.4. The molecule has 2 heterocycles. The van der Waals surface area contributed by atoms with E-state index >= 15 is 0 Å². The van der Waals surface area contributed by atoms with Crippen molar-refractivity contribution in [2.45, 2.75) is 17.2 Å². The van der Waals surface area contributed by atoms with Crippen LogP contribution in [0.2, 0.25) is 0 Å². The van der Waals surface area contributed by atoms with Gasteiger partial charge in [0.25, 0.3) is 0 Å². The van der Waals surface area contributed by atoms with Gasteiger partial charge in [0, 0.05) is 0 Å². The Morgan fingerprint density at radius 1 is 1.30 bits per heavy atom. The molecule has 0 fully saturated rings. The zero-order chi connectivity index (χ0) is 16.2. The van der Waals surface area contributed by atoms with E-state index in [1.54, 1.807) is 25.6 Å². The number of hydrogen-bond donors (Lipinski definition) is 2. The predicted octanol–water partition coefficient (Wildman–Crippen LogP) is 2.48. The molecule has 0 aliphatic rings. The van der Waals surface area contributed by atoms with Crippen LogP contribution in [0.25, 0.3) is 11.2 Å². The van der Waals surface area contributed by atoms with Crippen molar-refractivity contribution in [3.63, 3.8) is 0 Å². The lowest BCUT2D eigenvalue weighted by Crippen LogP contribution is -2.22. The summed E-state index contributed by atoms with van der Waals surface area (Å²) in [5, 5.41) is 3.21. The third-order valence-electron chi connectivity index (χ3n) is 3.21. The Bertz CT molecular complexity index is 835. The Hall–Kier alpha value is -2.61. The predicted molar refractivity (Wildman–Crippen MR) is 88.6 cm³/mol. The third-order valence-corrected chi connectivity index (χ3v) is 4.31. The van der Waals surface area contributed by atoms with Crippen molar-refractivity contribution < 1.29 is 9.53 Å². The topological polar surface area (TPSA) is 92.8 Å². The molecule has 0 radical (unpaired) electrons. The normalized spacial score (nSPS) is 12.1. The molecule has 0 saturated carbocycles. The van der Waals surface area contributed by atoms with Gasteiger partial charge >= 0.3 is 0 Å². The molecule has 2 aromatic heterocycles. The zero-order valence-electron chi connectivity index (χ0n) is 12.6. The maximum absolute atomic E-state index is 12.4. The molecule has 3 aromatic rings. The fraction of sp³-hybridized carbons (Fsp3) is 0.200. The molecule has 7 nitrogen and oxygen atoms in total. The Balaban J connectivity index is 1.74. The second-order valence-corrected chi connectivity index (χ2v) is 6.06. The molecule has 118 valence electrons. The summed E-state index contributed by atoms with van der Waals surface area (Å²) in [6, 6.07) is 7.29. The second kappa shape index (κ2) is 6.66. The monoisotopic (exact) mass is 329 g/mol. The van der Waals surface area contributed by atoms with Gasteiger partial charge in [0.15, 0.2) is 5.65 Å². The highest BCUT2D eigenvalue weighted by Crippen LogP contribution is 2.28. The maximum Gasteiger partial charge on any atom is 0.237 e. The zero-order valence-corrected chi connectivity index (χ0v) is 13.4. The van der Waals surface area contributed by atoms with E-state index in [4.69, 9.17) is 4.74 Å². The van der Waals surface area contributed by atoms with Crippen molar-refractivity contribution >= 4 is 34.5 Å². The van der Waals surface area contributed by atoms with Gasteiger partial charge < -0.3 is 15.0 Å². The largest absolute Gasteiger partial charge is 0.495 e. The van der Waals surface area contributed by atoms with E-state index in [-0.39, 0.29) is 11.2 Å². The fourth-order valence-electron chi connectivity index (χ4n) is 2.04. The molecule has 23 heavy (non-hydrogen) atoms. The van der Waals surface area contributed by atoms with Crippen LogP contribution in [0.1, 0.15) is 6.92 Å². The molecular formula is C15H15N5O2S. The number of rotatable bonds is 5. The summed E-state index contributed by atoms with van der Waals surface area (Å²) >= 11 is 1.34. The lowest BCUT2D eigenvalue weighted by molar-refractivity contribution is -0.115. The SMILES string of the molecule is COc1ccccc1NC(=O)C(C)Sc1ncnc2nc[nH]c12. The van der Waals surface area contributed by atoms with E-state index in [2.05, 4.69) is 25.3 Å². The minimum absolute atomic E-state index is 0.134. The van der Waals surface area contributed by atoms with Crippen LogP contribution >= 0.6 is 11.8 Å². The minimum atomic E-state index is -0.346. The summed E-state index contributed by atoms with van der Waals surface area (Å²) in [7, 11) is 1.57. The van der Waals surface area contributed by atoms with Gasteiger partial charge in [-0.3, -0.25) is 4.79 Å². The number of thioether (sulfide) groups is 1. The first kappa shape index (κ1) is 15.3. The molecule has 8 heteroatoms. The first-order chi connectivity index (χ1) is 11.2. The van der Waals surface area contributed by atoms with Crippen molar-refractivity contribution in [1.29, 1.82) is 0 Å². The minimum Gasteiger partial charge on any atom is -0.495 e. The number of nitrogens with one attached hydrogen (secondary N) is 2. The number of anilines is 1. The van der Waals surface area contributed by atoms with Crippen molar-refractivity contribution in [3.05, 3.63) is 36.9 Å². The van der Waals surface area contributed by atoms with E-state index in [0.717, 1.165) is 5.52 Å². The highest BCUT2D eigenvalue weighted by Gasteiger charge is 2.18. The number of imidazole rings is 1. The number of fused-ring (bicyclic) bond motifs is 1. The number of ether oxygens (including phenoxy) is 1. The Morgan fingerprint density at radius 2 is 2.13 bits per heavy atom. The van der Waals surface area contributed by atoms with Gasteiger partial charge in [-0.2, -0.15) is 0 Å². The standard InChI is InChI=1S/C15H15N5O2S/c1-9(14(21)20-10-5-3-4-6-11(10)22-2)23-15-12-13(17-7-16-12)18-8-19-15/h3-9H,1-2H3,(H,20,21)(H,16,17,18,19). The number of methoxy groups -OCH3 is 1. The fourth-order valence-corrected chi connectivity index (χ4v) is 2.91. The van der Waals surface area contributed by atoms with Crippen molar-refractivity contribution in [3.8, 4) is 5.75 Å². The molecule has 0 aliphatic carbocycles. The smallest absolute Gasteiger partial charge is 0.237 e. The molecule has 1 unspecified atom stereocenters. The number of benzene rings is 1. The first-order valence-corrected chi connectivity index (χ1v) is 7.81. The molecule has 0 aliphatic heterocycles. The number of carbonyl (C=O) groups excluding carboxylic acids is 1. The number of hydrogen-bond acceptors (Lipinski definition) is 6. The van der Waals surface area contributed by atoms with Crippen molar-refractivity contribution in [2.24, 2.45) is 0 Å². The van der Waals surface area contributed by atoms with Gasteiger partial charge in [0.2, 0.25) is 5.91 Å². The molecule has 1 amide bonds. The molecule has 1 atom stereocenters. The summed E-state index contributed by atoms with van der Waals surface area (Å²) in [6.07, 6.45) is 3.00. The second-order valence-electron chi connectivity index (χ2n) is 4.73.